The molecule has 0 aromatic heterocycles. The summed E-state index contributed by atoms with van der Waals surface area (Å²) < 4.78 is 0. The molecule has 0 saturated carbocycles. The van der Waals surface area contributed by atoms with E-state index in [0.29, 0.717) is 0 Å². The molecule has 0 aromatic carbocycles. The number of hydrogen-bond acceptors (Lipinski definition) is 8. The van der Waals surface area contributed by atoms with Gasteiger partial charge in [0.1, 0.15) is 18.3 Å². The zero-order chi connectivity index (χ0) is 12.2. The Morgan fingerprint density at radius 3 is 1.87 bits per heavy atom. The second kappa shape index (κ2) is 5.68. The predicted molar refractivity (Wildman–Crippen MR) is 47.3 cm³/mol. The van der Waals surface area contributed by atoms with Gasteiger partial charge in [0.2, 0.25) is 0 Å². The van der Waals surface area contributed by atoms with Gasteiger partial charge in [-0.15, -0.1) is 0 Å². The fraction of sp³-hybridized carbons (Fsp3) is 1.00. The Morgan fingerprint density at radius 1 is 1.07 bits per heavy atom. The van der Waals surface area contributed by atoms with E-state index in [1.807, 2.05) is 5.32 Å². The van der Waals surface area contributed by atoms with Gasteiger partial charge in [-0.25, -0.2) is 0 Å². The first-order chi connectivity index (χ1) is 6.77. The zero-order valence-electron chi connectivity index (χ0n) is 8.15. The smallest absolute Gasteiger partial charge is 0.252 e. The van der Waals surface area contributed by atoms with Crippen molar-refractivity contribution in [2.24, 2.45) is 0 Å². The molecule has 0 unspecified atom stereocenters. The lowest BCUT2D eigenvalue weighted by atomic mass is 10.0. The van der Waals surface area contributed by atoms with Crippen LogP contribution in [0.4, 0.5) is 0 Å². The highest BCUT2D eigenvalue weighted by Gasteiger charge is 2.41. The second-order valence-electron chi connectivity index (χ2n) is 3.15. The monoisotopic (exact) mass is 227 g/mol. The van der Waals surface area contributed by atoms with Gasteiger partial charge in [0.25, 0.3) is 5.91 Å². The Morgan fingerprint density at radius 2 is 1.53 bits per heavy atom. The van der Waals surface area contributed by atoms with Crippen LogP contribution in [0.2, 0.25) is 0 Å². The van der Waals surface area contributed by atoms with Crippen LogP contribution >= 0.6 is 0 Å². The number of rotatable bonds is 6. The minimum absolute atomic E-state index is 0.839. The summed E-state index contributed by atoms with van der Waals surface area (Å²) in [4.78, 5) is 0. The van der Waals surface area contributed by atoms with E-state index >= 15 is 0 Å². The highest BCUT2D eigenvalue weighted by molar-refractivity contribution is 4.86. The molecule has 4 atom stereocenters. The number of aliphatic hydroxyl groups excluding tert-OH is 5. The van der Waals surface area contributed by atoms with E-state index in [4.69, 9.17) is 25.5 Å². The van der Waals surface area contributed by atoms with Crippen LogP contribution in [0.1, 0.15) is 0 Å². The maximum atomic E-state index is 9.22. The molecule has 0 spiro atoms. The van der Waals surface area contributed by atoms with Crippen molar-refractivity contribution < 1.29 is 35.7 Å². The molecule has 0 heterocycles. The lowest BCUT2D eigenvalue weighted by Crippen LogP contribution is -2.61. The molecule has 15 heavy (non-hydrogen) atoms. The van der Waals surface area contributed by atoms with E-state index in [1.165, 1.54) is 0 Å². The SMILES string of the molecule is CNC(O)(O)[C@H](O)[C@@H](O)[C@@H](O)[C@@H](O)CO. The molecule has 8 heteroatoms. The van der Waals surface area contributed by atoms with E-state index in [1.54, 1.807) is 0 Å². The zero-order valence-corrected chi connectivity index (χ0v) is 8.15. The van der Waals surface area contributed by atoms with Crippen molar-refractivity contribution in [3.8, 4) is 0 Å². The Kier molecular flexibility index (Phi) is 5.56. The molecule has 0 aliphatic heterocycles. The largest absolute Gasteiger partial charge is 0.394 e. The van der Waals surface area contributed by atoms with Gasteiger partial charge in [-0.1, -0.05) is 0 Å². The fourth-order valence-corrected chi connectivity index (χ4v) is 0.908. The summed E-state index contributed by atoms with van der Waals surface area (Å²) in [6.45, 7) is -0.839. The summed E-state index contributed by atoms with van der Waals surface area (Å²) in [7, 11) is 1.10. The van der Waals surface area contributed by atoms with Gasteiger partial charge in [0.15, 0.2) is 6.10 Å². The second-order valence-corrected chi connectivity index (χ2v) is 3.15. The van der Waals surface area contributed by atoms with Crippen molar-refractivity contribution in [2.45, 2.75) is 30.3 Å². The van der Waals surface area contributed by atoms with Gasteiger partial charge < -0.3 is 35.7 Å². The average Bonchev–Trinajstić information content (AvgIpc) is 2.24. The molecule has 0 fully saturated rings. The third-order valence-corrected chi connectivity index (χ3v) is 2.04. The Bertz CT molecular complexity index is 188. The quantitative estimate of drug-likeness (QED) is 0.210. The molecule has 0 rings (SSSR count). The molecular weight excluding hydrogens is 210 g/mol. The first-order valence-electron chi connectivity index (χ1n) is 4.24. The summed E-state index contributed by atoms with van der Waals surface area (Å²) in [5.41, 5.74) is 0. The third-order valence-electron chi connectivity index (χ3n) is 2.04. The molecule has 0 bridgehead atoms. The number of likely N-dealkylation sites (N-methyl/N-ethyl adjacent to an activating group) is 1. The third kappa shape index (κ3) is 3.63. The van der Waals surface area contributed by atoms with E-state index < -0.39 is 36.9 Å². The van der Waals surface area contributed by atoms with E-state index in [9.17, 15) is 10.2 Å². The van der Waals surface area contributed by atoms with Crippen molar-refractivity contribution in [2.75, 3.05) is 13.7 Å². The van der Waals surface area contributed by atoms with Gasteiger partial charge in [-0.05, 0) is 7.05 Å². The highest BCUT2D eigenvalue weighted by atomic mass is 16.5. The Balaban J connectivity index is 4.50. The average molecular weight is 227 g/mol. The van der Waals surface area contributed by atoms with Gasteiger partial charge >= 0.3 is 0 Å². The van der Waals surface area contributed by atoms with Gasteiger partial charge in [0.05, 0.1) is 6.61 Å². The van der Waals surface area contributed by atoms with Crippen LogP contribution in [0.3, 0.4) is 0 Å². The van der Waals surface area contributed by atoms with Crippen LogP contribution in [0, 0.1) is 0 Å². The molecule has 0 aliphatic rings. The highest BCUT2D eigenvalue weighted by Crippen LogP contribution is 2.12. The number of aliphatic hydroxyl groups is 7. The van der Waals surface area contributed by atoms with Crippen molar-refractivity contribution in [3.05, 3.63) is 0 Å². The van der Waals surface area contributed by atoms with Crippen molar-refractivity contribution >= 4 is 0 Å². The lowest BCUT2D eigenvalue weighted by Gasteiger charge is -2.33. The van der Waals surface area contributed by atoms with Crippen LogP contribution in [0.25, 0.3) is 0 Å². The molecule has 0 amide bonds. The maximum absolute atomic E-state index is 9.22. The molecule has 0 saturated heterocycles. The first kappa shape index (κ1) is 14.7. The van der Waals surface area contributed by atoms with E-state index in [-0.39, 0.29) is 0 Å². The standard InChI is InChI=1S/C7H17NO7/c1-8-7(14,15)6(13)5(12)4(11)3(10)2-9/h3-6,8-15H,2H2,1H3/t3-,4-,5-,6+/m0/s1. The van der Waals surface area contributed by atoms with E-state index in [2.05, 4.69) is 0 Å². The minimum Gasteiger partial charge on any atom is -0.394 e. The topological polar surface area (TPSA) is 154 Å². The Labute approximate surface area is 86.0 Å². The molecule has 0 radical (unpaired) electrons. The van der Waals surface area contributed by atoms with E-state index in [0.717, 1.165) is 7.05 Å². The number of hydrogen-bond donors (Lipinski definition) is 8. The molecule has 92 valence electrons. The van der Waals surface area contributed by atoms with Gasteiger partial charge in [-0.2, -0.15) is 0 Å². The number of nitrogens with one attached hydrogen (secondary N) is 1. The normalized spacial score (nSPS) is 20.8. The van der Waals surface area contributed by atoms with Crippen molar-refractivity contribution in [3.63, 3.8) is 0 Å². The minimum atomic E-state index is -2.81. The fourth-order valence-electron chi connectivity index (χ4n) is 0.908. The molecule has 0 aliphatic carbocycles. The summed E-state index contributed by atoms with van der Waals surface area (Å²) in [5.74, 6) is -2.81. The molecule has 0 aromatic rings. The molecule has 8 nitrogen and oxygen atoms in total. The summed E-state index contributed by atoms with van der Waals surface area (Å²) >= 11 is 0. The summed E-state index contributed by atoms with van der Waals surface area (Å²) in [6, 6.07) is 0. The van der Waals surface area contributed by atoms with Gasteiger partial charge in [0, 0.05) is 0 Å². The molecule has 8 N–H and O–H groups in total. The van der Waals surface area contributed by atoms with Crippen LogP contribution < -0.4 is 5.32 Å². The van der Waals surface area contributed by atoms with Crippen LogP contribution in [-0.2, 0) is 0 Å². The van der Waals surface area contributed by atoms with Crippen LogP contribution in [0.15, 0.2) is 0 Å². The summed E-state index contributed by atoms with van der Waals surface area (Å²) in [5, 5.41) is 64.9. The van der Waals surface area contributed by atoms with Gasteiger partial charge in [-0.3, -0.25) is 5.32 Å². The lowest BCUT2D eigenvalue weighted by molar-refractivity contribution is -0.275. The molecular formula is C7H17NO7. The summed E-state index contributed by atoms with van der Waals surface area (Å²) in [6.07, 6.45) is -7.78. The van der Waals surface area contributed by atoms with Crippen LogP contribution in [-0.4, -0.2) is 79.7 Å². The predicted octanol–water partition coefficient (Wildman–Crippen LogP) is -4.72. The van der Waals surface area contributed by atoms with Crippen molar-refractivity contribution in [1.29, 1.82) is 0 Å². The van der Waals surface area contributed by atoms with Crippen molar-refractivity contribution in [1.82, 2.24) is 5.32 Å². The first-order valence-corrected chi connectivity index (χ1v) is 4.24. The maximum Gasteiger partial charge on any atom is 0.252 e. The Hall–Kier alpha value is -0.320. The van der Waals surface area contributed by atoms with Crippen LogP contribution in [0.5, 0.6) is 0 Å².